The second-order valence-corrected chi connectivity index (χ2v) is 9.81. The third-order valence-electron chi connectivity index (χ3n) is 5.26. The van der Waals surface area contributed by atoms with Gasteiger partial charge in [0.1, 0.15) is 0 Å². The van der Waals surface area contributed by atoms with Crippen LogP contribution in [0.1, 0.15) is 43.5 Å². The molecule has 9 heteroatoms. The summed E-state index contributed by atoms with van der Waals surface area (Å²) in [6.45, 7) is 5.07. The van der Waals surface area contributed by atoms with E-state index in [2.05, 4.69) is 15.7 Å². The van der Waals surface area contributed by atoms with E-state index in [4.69, 9.17) is 4.74 Å². The van der Waals surface area contributed by atoms with E-state index >= 15 is 0 Å². The third-order valence-corrected chi connectivity index (χ3v) is 7.77. The van der Waals surface area contributed by atoms with Crippen LogP contribution >= 0.6 is 11.3 Å². The van der Waals surface area contributed by atoms with Crippen LogP contribution in [0.5, 0.6) is 0 Å². The van der Waals surface area contributed by atoms with Gasteiger partial charge in [-0.1, -0.05) is 6.07 Å². The molecule has 0 aliphatic carbocycles. The lowest BCUT2D eigenvalue weighted by Crippen LogP contribution is -2.49. The molecule has 0 radical (unpaired) electrons. The first-order valence-corrected chi connectivity index (χ1v) is 12.0. The van der Waals surface area contributed by atoms with E-state index in [1.54, 1.807) is 18.3 Å². The minimum atomic E-state index is -3.63. The summed E-state index contributed by atoms with van der Waals surface area (Å²) in [5, 5.41) is 2.03. The van der Waals surface area contributed by atoms with E-state index in [9.17, 15) is 13.2 Å². The van der Waals surface area contributed by atoms with Gasteiger partial charge in [-0.25, -0.2) is 4.72 Å². The number of likely N-dealkylation sites (tertiary alicyclic amines) is 1. The van der Waals surface area contributed by atoms with Crippen molar-refractivity contribution < 1.29 is 17.9 Å². The summed E-state index contributed by atoms with van der Waals surface area (Å²) in [4.78, 5) is 15.5. The Hall–Kier alpha value is -1.00. The molecule has 27 heavy (non-hydrogen) atoms. The quantitative estimate of drug-likeness (QED) is 0.657. The first-order valence-electron chi connectivity index (χ1n) is 9.70. The fourth-order valence-electron chi connectivity index (χ4n) is 3.83. The highest BCUT2D eigenvalue weighted by molar-refractivity contribution is 7.87. The van der Waals surface area contributed by atoms with Gasteiger partial charge in [-0.3, -0.25) is 9.69 Å². The SMILES string of the molecule is CCOC(=O)[C@H]1CCCN(S(=O)(=O)NC[C@@H](c2cccs2)N2CCCC2)C1. The molecule has 7 nitrogen and oxygen atoms in total. The lowest BCUT2D eigenvalue weighted by molar-refractivity contribution is -0.149. The van der Waals surface area contributed by atoms with Crippen molar-refractivity contribution in [3.8, 4) is 0 Å². The number of carbonyl (C=O) groups is 1. The van der Waals surface area contributed by atoms with Crippen molar-refractivity contribution in [2.24, 2.45) is 5.92 Å². The third kappa shape index (κ3) is 5.29. The zero-order valence-electron chi connectivity index (χ0n) is 15.8. The summed E-state index contributed by atoms with van der Waals surface area (Å²) in [5.41, 5.74) is 0. The Balaban J connectivity index is 1.63. The molecule has 3 rings (SSSR count). The van der Waals surface area contributed by atoms with Crippen molar-refractivity contribution >= 4 is 27.5 Å². The van der Waals surface area contributed by atoms with Gasteiger partial charge in [0.05, 0.1) is 18.6 Å². The Labute approximate surface area is 165 Å². The average molecular weight is 416 g/mol. The molecule has 2 saturated heterocycles. The molecule has 1 N–H and O–H groups in total. The summed E-state index contributed by atoms with van der Waals surface area (Å²) in [7, 11) is -3.63. The molecular weight excluding hydrogens is 386 g/mol. The van der Waals surface area contributed by atoms with Crippen molar-refractivity contribution in [3.63, 3.8) is 0 Å². The van der Waals surface area contributed by atoms with Crippen LogP contribution in [0.4, 0.5) is 0 Å². The summed E-state index contributed by atoms with van der Waals surface area (Å²) in [6, 6.07) is 4.14. The molecule has 0 aromatic carbocycles. The van der Waals surface area contributed by atoms with Crippen molar-refractivity contribution in [2.75, 3.05) is 39.3 Å². The second-order valence-electron chi connectivity index (χ2n) is 7.08. The van der Waals surface area contributed by atoms with Crippen LogP contribution in [0.3, 0.4) is 0 Å². The standard InChI is InChI=1S/C18H29N3O4S2/c1-2-25-18(22)15-7-5-11-21(14-15)27(23,24)19-13-16(17-8-6-12-26-17)20-9-3-4-10-20/h6,8,12,15-16,19H,2-5,7,9-11,13-14H2,1H3/t15-,16-/m0/s1. The Morgan fingerprint density at radius 1 is 1.33 bits per heavy atom. The molecule has 2 atom stereocenters. The number of piperidine rings is 1. The lowest BCUT2D eigenvalue weighted by Gasteiger charge is -2.32. The monoisotopic (exact) mass is 415 g/mol. The topological polar surface area (TPSA) is 78.9 Å². The average Bonchev–Trinajstić information content (AvgIpc) is 3.37. The summed E-state index contributed by atoms with van der Waals surface area (Å²) in [5.74, 6) is -0.673. The number of ether oxygens (including phenoxy) is 1. The van der Waals surface area contributed by atoms with Crippen molar-refractivity contribution in [1.82, 2.24) is 13.9 Å². The summed E-state index contributed by atoms with van der Waals surface area (Å²) < 4.78 is 35.0. The van der Waals surface area contributed by atoms with Crippen LogP contribution in [-0.2, 0) is 19.7 Å². The van der Waals surface area contributed by atoms with Crippen molar-refractivity contribution in [1.29, 1.82) is 0 Å². The maximum Gasteiger partial charge on any atom is 0.310 e. The fraction of sp³-hybridized carbons (Fsp3) is 0.722. The minimum Gasteiger partial charge on any atom is -0.466 e. The van der Waals surface area contributed by atoms with Gasteiger partial charge in [0, 0.05) is 24.5 Å². The molecule has 1 aromatic rings. The molecule has 2 aliphatic heterocycles. The Morgan fingerprint density at radius 3 is 2.78 bits per heavy atom. The molecule has 0 bridgehead atoms. The molecule has 2 aliphatic rings. The van der Waals surface area contributed by atoms with Gasteiger partial charge >= 0.3 is 5.97 Å². The van der Waals surface area contributed by atoms with Crippen LogP contribution in [-0.4, -0.2) is 62.9 Å². The van der Waals surface area contributed by atoms with E-state index in [0.717, 1.165) is 25.9 Å². The van der Waals surface area contributed by atoms with Gasteiger partial charge in [-0.05, 0) is 57.1 Å². The predicted molar refractivity (Wildman–Crippen MR) is 106 cm³/mol. The number of carbonyl (C=O) groups excluding carboxylic acids is 1. The van der Waals surface area contributed by atoms with Crippen LogP contribution in [0.2, 0.25) is 0 Å². The molecule has 3 heterocycles. The second kappa shape index (κ2) is 9.47. The number of esters is 1. The van der Waals surface area contributed by atoms with Gasteiger partial charge in [0.15, 0.2) is 0 Å². The van der Waals surface area contributed by atoms with E-state index in [1.165, 1.54) is 9.18 Å². The highest BCUT2D eigenvalue weighted by Crippen LogP contribution is 2.28. The smallest absolute Gasteiger partial charge is 0.310 e. The first-order chi connectivity index (χ1) is 13.0. The zero-order valence-corrected chi connectivity index (χ0v) is 17.4. The van der Waals surface area contributed by atoms with E-state index in [1.807, 2.05) is 11.4 Å². The van der Waals surface area contributed by atoms with Crippen LogP contribution < -0.4 is 4.72 Å². The van der Waals surface area contributed by atoms with E-state index in [-0.39, 0.29) is 24.5 Å². The Kier molecular flexibility index (Phi) is 7.27. The Bertz CT molecular complexity index is 702. The molecule has 0 unspecified atom stereocenters. The molecule has 0 spiro atoms. The van der Waals surface area contributed by atoms with Crippen LogP contribution in [0.25, 0.3) is 0 Å². The van der Waals surface area contributed by atoms with Crippen molar-refractivity contribution in [3.05, 3.63) is 22.4 Å². The molecule has 1 aromatic heterocycles. The van der Waals surface area contributed by atoms with Gasteiger partial charge in [-0.15, -0.1) is 11.3 Å². The molecule has 0 saturated carbocycles. The predicted octanol–water partition coefficient (Wildman–Crippen LogP) is 1.99. The highest BCUT2D eigenvalue weighted by atomic mass is 32.2. The zero-order chi connectivity index (χ0) is 19.3. The number of nitrogens with one attached hydrogen (secondary N) is 1. The largest absolute Gasteiger partial charge is 0.466 e. The molecule has 0 amide bonds. The normalized spacial score (nSPS) is 23.4. The number of rotatable bonds is 8. The Morgan fingerprint density at radius 2 is 2.11 bits per heavy atom. The minimum absolute atomic E-state index is 0.0629. The molecule has 2 fully saturated rings. The number of hydrogen-bond donors (Lipinski definition) is 1. The van der Waals surface area contributed by atoms with Crippen molar-refractivity contribution in [2.45, 2.75) is 38.6 Å². The first kappa shape index (κ1) is 20.7. The van der Waals surface area contributed by atoms with E-state index < -0.39 is 10.2 Å². The number of nitrogens with zero attached hydrogens (tertiary/aromatic N) is 2. The van der Waals surface area contributed by atoms with Gasteiger partial charge in [-0.2, -0.15) is 12.7 Å². The van der Waals surface area contributed by atoms with Gasteiger partial charge in [0.25, 0.3) is 10.2 Å². The van der Waals surface area contributed by atoms with Gasteiger partial charge in [0.2, 0.25) is 0 Å². The molecular formula is C18H29N3O4S2. The van der Waals surface area contributed by atoms with Gasteiger partial charge < -0.3 is 4.74 Å². The van der Waals surface area contributed by atoms with E-state index in [0.29, 0.717) is 32.5 Å². The highest BCUT2D eigenvalue weighted by Gasteiger charge is 2.34. The van der Waals surface area contributed by atoms with Crippen LogP contribution in [0.15, 0.2) is 17.5 Å². The summed E-state index contributed by atoms with van der Waals surface area (Å²) in [6.07, 6.45) is 3.66. The lowest BCUT2D eigenvalue weighted by atomic mass is 10.0. The fourth-order valence-corrected chi connectivity index (χ4v) is 5.99. The maximum absolute atomic E-state index is 12.8. The maximum atomic E-state index is 12.8. The number of hydrogen-bond acceptors (Lipinski definition) is 6. The van der Waals surface area contributed by atoms with Crippen LogP contribution in [0, 0.1) is 5.92 Å². The molecule has 152 valence electrons. The number of thiophene rings is 1. The summed E-state index contributed by atoms with van der Waals surface area (Å²) >= 11 is 1.66.